The van der Waals surface area contributed by atoms with E-state index in [1.54, 1.807) is 0 Å². The van der Waals surface area contributed by atoms with Gasteiger partial charge >= 0.3 is 0 Å². The molecule has 0 heterocycles. The van der Waals surface area contributed by atoms with Crippen molar-refractivity contribution in [3.05, 3.63) is 0 Å². The molecule has 118 valence electrons. The first-order chi connectivity index (χ1) is 10.1. The molecule has 4 rings (SSSR count). The molecular weight excluding hydrogens is 260 g/mol. The average Bonchev–Trinajstić information content (AvgIpc) is 2.88. The highest BCUT2D eigenvalue weighted by Crippen LogP contribution is 2.65. The summed E-state index contributed by atoms with van der Waals surface area (Å²) in [6.07, 6.45) is 11.9. The lowest BCUT2D eigenvalue weighted by atomic mass is 9.45. The zero-order valence-electron chi connectivity index (χ0n) is 13.4. The quantitative estimate of drug-likeness (QED) is 0.793. The molecule has 6 atom stereocenters. The topological polar surface area (TPSA) is 37.3 Å². The summed E-state index contributed by atoms with van der Waals surface area (Å²) in [5.74, 6) is 3.37. The number of carbonyl (C=O) groups excluding carboxylic acids is 1. The van der Waals surface area contributed by atoms with E-state index in [9.17, 15) is 9.90 Å². The molecule has 4 aliphatic carbocycles. The fourth-order valence-corrected chi connectivity index (χ4v) is 7.15. The Hall–Kier alpha value is -0.370. The lowest BCUT2D eigenvalue weighted by molar-refractivity contribution is -0.150. The van der Waals surface area contributed by atoms with Crippen molar-refractivity contribution in [2.24, 2.45) is 34.5 Å². The lowest BCUT2D eigenvalue weighted by Crippen LogP contribution is -2.55. The Balaban J connectivity index is 1.66. The summed E-state index contributed by atoms with van der Waals surface area (Å²) < 4.78 is 0. The van der Waals surface area contributed by atoms with E-state index in [-0.39, 0.29) is 5.41 Å². The third kappa shape index (κ3) is 1.90. The first-order valence-electron chi connectivity index (χ1n) is 9.22. The number of hydrogen-bond acceptors (Lipinski definition) is 2. The largest absolute Gasteiger partial charge is 0.396 e. The van der Waals surface area contributed by atoms with Crippen LogP contribution in [0.2, 0.25) is 0 Å². The molecule has 2 nitrogen and oxygen atoms in total. The van der Waals surface area contributed by atoms with Crippen molar-refractivity contribution in [3.63, 3.8) is 0 Å². The Morgan fingerprint density at radius 3 is 2.76 bits per heavy atom. The molecule has 2 heteroatoms. The summed E-state index contributed by atoms with van der Waals surface area (Å²) in [4.78, 5) is 11.9. The molecule has 4 saturated carbocycles. The van der Waals surface area contributed by atoms with Crippen LogP contribution in [0.5, 0.6) is 0 Å². The van der Waals surface area contributed by atoms with Gasteiger partial charge in [-0.05, 0) is 74.0 Å². The van der Waals surface area contributed by atoms with Gasteiger partial charge in [-0.15, -0.1) is 0 Å². The molecular formula is C19H30O2. The molecule has 4 fully saturated rings. The van der Waals surface area contributed by atoms with Gasteiger partial charge in [0, 0.05) is 24.9 Å². The van der Waals surface area contributed by atoms with Crippen LogP contribution in [0.3, 0.4) is 0 Å². The second-order valence-corrected chi connectivity index (χ2v) is 8.87. The average molecular weight is 290 g/mol. The Morgan fingerprint density at radius 1 is 1.10 bits per heavy atom. The van der Waals surface area contributed by atoms with Crippen molar-refractivity contribution in [2.45, 2.75) is 71.1 Å². The first-order valence-corrected chi connectivity index (χ1v) is 9.22. The normalized spacial score (nSPS) is 53.0. The first kappa shape index (κ1) is 14.2. The predicted molar refractivity (Wildman–Crippen MR) is 82.8 cm³/mol. The third-order valence-electron chi connectivity index (χ3n) is 8.26. The number of ketones is 1. The van der Waals surface area contributed by atoms with E-state index in [1.807, 2.05) is 0 Å². The maximum Gasteiger partial charge on any atom is 0.133 e. The third-order valence-corrected chi connectivity index (χ3v) is 8.26. The zero-order chi connectivity index (χ0) is 14.7. The van der Waals surface area contributed by atoms with Gasteiger partial charge in [0.2, 0.25) is 0 Å². The monoisotopic (exact) mass is 290 g/mol. The van der Waals surface area contributed by atoms with Crippen LogP contribution in [-0.2, 0) is 4.79 Å². The number of aliphatic hydroxyl groups excluding tert-OH is 1. The minimum absolute atomic E-state index is 0.0980. The van der Waals surface area contributed by atoms with Crippen LogP contribution in [-0.4, -0.2) is 17.5 Å². The summed E-state index contributed by atoms with van der Waals surface area (Å²) in [6.45, 7) is 2.86. The van der Waals surface area contributed by atoms with Gasteiger partial charge in [0.1, 0.15) is 5.78 Å². The summed E-state index contributed by atoms with van der Waals surface area (Å²) in [5.41, 5.74) is 0.690. The van der Waals surface area contributed by atoms with Gasteiger partial charge in [-0.3, -0.25) is 4.79 Å². The number of Topliss-reactive ketones (excluding diaryl/α,β-unsaturated/α-hetero) is 1. The van der Waals surface area contributed by atoms with E-state index in [2.05, 4.69) is 6.92 Å². The van der Waals surface area contributed by atoms with Crippen LogP contribution in [0.15, 0.2) is 0 Å². The molecule has 1 N–H and O–H groups in total. The summed E-state index contributed by atoms with van der Waals surface area (Å²) in [5, 5.41) is 10.3. The van der Waals surface area contributed by atoms with Gasteiger partial charge in [-0.2, -0.15) is 0 Å². The standard InChI is InChI=1S/C19H30O2/c1-18-8-2-3-16(18)15-5-4-13-11-14(21)6-10-19(13,12-20)17(15)7-9-18/h13,15-17,20H,2-12H2,1H3/t13?,15-,16-,17+,18-,19+/m0/s1. The van der Waals surface area contributed by atoms with Crippen molar-refractivity contribution >= 4 is 5.78 Å². The van der Waals surface area contributed by atoms with E-state index >= 15 is 0 Å². The molecule has 4 aliphatic rings. The van der Waals surface area contributed by atoms with Gasteiger partial charge in [0.25, 0.3) is 0 Å². The fraction of sp³-hybridized carbons (Fsp3) is 0.947. The maximum atomic E-state index is 11.9. The van der Waals surface area contributed by atoms with Crippen LogP contribution < -0.4 is 0 Å². The van der Waals surface area contributed by atoms with Crippen LogP contribution >= 0.6 is 0 Å². The SMILES string of the molecule is C[C@@]12CCC[C@H]1[C@@H]1CCC3CC(=O)CC[C@]3(CO)[C@@H]1CC2. The smallest absolute Gasteiger partial charge is 0.133 e. The van der Waals surface area contributed by atoms with Gasteiger partial charge < -0.3 is 5.11 Å². The second-order valence-electron chi connectivity index (χ2n) is 8.87. The van der Waals surface area contributed by atoms with Gasteiger partial charge in [0.15, 0.2) is 0 Å². The molecule has 0 bridgehead atoms. The predicted octanol–water partition coefficient (Wildman–Crippen LogP) is 3.96. The van der Waals surface area contributed by atoms with E-state index in [1.165, 1.54) is 44.9 Å². The van der Waals surface area contributed by atoms with Crippen LogP contribution in [0.4, 0.5) is 0 Å². The molecule has 0 aromatic carbocycles. The van der Waals surface area contributed by atoms with Crippen molar-refractivity contribution in [2.75, 3.05) is 6.61 Å². The lowest BCUT2D eigenvalue weighted by Gasteiger charge is -2.60. The van der Waals surface area contributed by atoms with E-state index < -0.39 is 0 Å². The van der Waals surface area contributed by atoms with Crippen molar-refractivity contribution in [3.8, 4) is 0 Å². The number of carbonyl (C=O) groups is 1. The van der Waals surface area contributed by atoms with Crippen molar-refractivity contribution in [1.29, 1.82) is 0 Å². The molecule has 0 aromatic heterocycles. The van der Waals surface area contributed by atoms with E-state index in [4.69, 9.17) is 0 Å². The summed E-state index contributed by atoms with van der Waals surface area (Å²) >= 11 is 0. The highest BCUT2D eigenvalue weighted by atomic mass is 16.3. The number of hydrogen-bond donors (Lipinski definition) is 1. The Bertz CT molecular complexity index is 445. The number of rotatable bonds is 1. The molecule has 0 saturated heterocycles. The summed E-state index contributed by atoms with van der Waals surface area (Å²) in [6, 6.07) is 0. The fourth-order valence-electron chi connectivity index (χ4n) is 7.15. The molecule has 0 aromatic rings. The van der Waals surface area contributed by atoms with Crippen LogP contribution in [0.25, 0.3) is 0 Å². The Labute approximate surface area is 128 Å². The minimum Gasteiger partial charge on any atom is -0.396 e. The minimum atomic E-state index is 0.0980. The molecule has 0 aliphatic heterocycles. The van der Waals surface area contributed by atoms with E-state index in [0.717, 1.165) is 31.1 Å². The molecule has 0 spiro atoms. The molecule has 1 unspecified atom stereocenters. The van der Waals surface area contributed by atoms with E-state index in [0.29, 0.717) is 29.6 Å². The second kappa shape index (κ2) is 4.81. The molecule has 0 amide bonds. The molecule has 21 heavy (non-hydrogen) atoms. The summed E-state index contributed by atoms with van der Waals surface area (Å²) in [7, 11) is 0. The highest BCUT2D eigenvalue weighted by Gasteiger charge is 2.59. The Morgan fingerprint density at radius 2 is 1.95 bits per heavy atom. The zero-order valence-corrected chi connectivity index (χ0v) is 13.4. The van der Waals surface area contributed by atoms with Crippen molar-refractivity contribution in [1.82, 2.24) is 0 Å². The Kier molecular flexibility index (Phi) is 3.26. The van der Waals surface area contributed by atoms with Crippen LogP contribution in [0, 0.1) is 34.5 Å². The molecule has 0 radical (unpaired) electrons. The number of fused-ring (bicyclic) bond motifs is 5. The highest BCUT2D eigenvalue weighted by molar-refractivity contribution is 5.79. The van der Waals surface area contributed by atoms with Crippen molar-refractivity contribution < 1.29 is 9.90 Å². The maximum absolute atomic E-state index is 11.9. The van der Waals surface area contributed by atoms with Gasteiger partial charge in [-0.25, -0.2) is 0 Å². The number of aliphatic hydroxyl groups is 1. The van der Waals surface area contributed by atoms with Gasteiger partial charge in [0.05, 0.1) is 0 Å². The van der Waals surface area contributed by atoms with Gasteiger partial charge in [-0.1, -0.05) is 13.3 Å². The van der Waals surface area contributed by atoms with Crippen LogP contribution in [0.1, 0.15) is 71.1 Å².